The summed E-state index contributed by atoms with van der Waals surface area (Å²) < 4.78 is 20.2. The van der Waals surface area contributed by atoms with Crippen molar-refractivity contribution in [3.63, 3.8) is 0 Å². The molecule has 0 fully saturated rings. The summed E-state index contributed by atoms with van der Waals surface area (Å²) in [6.07, 6.45) is 0. The molecule has 0 unspecified atom stereocenters. The van der Waals surface area contributed by atoms with E-state index in [2.05, 4.69) is 0 Å². The van der Waals surface area contributed by atoms with Gasteiger partial charge in [-0.3, -0.25) is 19.2 Å². The molecular weight excluding hydrogens is 451 g/mol. The van der Waals surface area contributed by atoms with Gasteiger partial charge in [0.05, 0.1) is 26.4 Å². The maximum Gasteiger partial charge on any atom is 0.320 e. The Balaban J connectivity index is 3.82. The van der Waals surface area contributed by atoms with Crippen LogP contribution in [-0.4, -0.2) is 50.3 Å². The van der Waals surface area contributed by atoms with Gasteiger partial charge in [-0.25, -0.2) is 0 Å². The number of rotatable bonds is 11. The molecule has 8 nitrogen and oxygen atoms in total. The Morgan fingerprint density at radius 1 is 0.710 bits per heavy atom. The van der Waals surface area contributed by atoms with Crippen LogP contribution in [-0.2, 0) is 38.1 Å². The smallest absolute Gasteiger partial charge is 0.320 e. The lowest BCUT2D eigenvalue weighted by Crippen LogP contribution is -2.43. The molecule has 0 radical (unpaired) electrons. The monoisotopic (exact) mass is 476 g/mol. The van der Waals surface area contributed by atoms with Crippen LogP contribution in [0.3, 0.4) is 0 Å². The lowest BCUT2D eigenvalue weighted by Gasteiger charge is -2.30. The van der Waals surface area contributed by atoms with Crippen LogP contribution in [0.1, 0.15) is 39.2 Å². The average Bonchev–Trinajstić information content (AvgIpc) is 2.70. The third-order valence-corrected chi connectivity index (χ3v) is 4.78. The van der Waals surface area contributed by atoms with E-state index in [1.807, 2.05) is 0 Å². The van der Waals surface area contributed by atoms with Crippen molar-refractivity contribution in [1.82, 2.24) is 0 Å². The first-order chi connectivity index (χ1) is 14.7. The van der Waals surface area contributed by atoms with E-state index < -0.39 is 41.6 Å². The van der Waals surface area contributed by atoms with E-state index >= 15 is 0 Å². The van der Waals surface area contributed by atoms with E-state index in [1.54, 1.807) is 27.7 Å². The van der Waals surface area contributed by atoms with Gasteiger partial charge in [-0.2, -0.15) is 0 Å². The summed E-state index contributed by atoms with van der Waals surface area (Å²) in [6.45, 7) is 6.02. The first kappa shape index (κ1) is 26.7. The number of halogens is 2. The van der Waals surface area contributed by atoms with Crippen molar-refractivity contribution in [2.75, 3.05) is 26.4 Å². The van der Waals surface area contributed by atoms with Gasteiger partial charge in [0.25, 0.3) is 0 Å². The Morgan fingerprint density at radius 2 is 1.06 bits per heavy atom. The van der Waals surface area contributed by atoms with Crippen LogP contribution < -0.4 is 0 Å². The Hall–Kier alpha value is -2.32. The van der Waals surface area contributed by atoms with Gasteiger partial charge in [-0.05, 0) is 51.5 Å². The molecule has 0 aromatic heterocycles. The first-order valence-electron chi connectivity index (χ1n) is 9.84. The van der Waals surface area contributed by atoms with Gasteiger partial charge in [0.15, 0.2) is 11.8 Å². The van der Waals surface area contributed by atoms with Crippen molar-refractivity contribution >= 4 is 47.1 Å². The molecule has 0 saturated carbocycles. The van der Waals surface area contributed by atoms with Gasteiger partial charge in [0.1, 0.15) is 0 Å². The Bertz CT molecular complexity index is 720. The molecule has 0 atom stereocenters. The van der Waals surface area contributed by atoms with E-state index in [0.717, 1.165) is 0 Å². The molecule has 1 aromatic carbocycles. The normalized spacial score (nSPS) is 10.9. The number of esters is 4. The van der Waals surface area contributed by atoms with Crippen molar-refractivity contribution in [3.05, 3.63) is 33.8 Å². The summed E-state index contributed by atoms with van der Waals surface area (Å²) in [4.78, 5) is 51.3. The van der Waals surface area contributed by atoms with Gasteiger partial charge < -0.3 is 18.9 Å². The van der Waals surface area contributed by atoms with E-state index in [1.165, 1.54) is 18.2 Å². The second-order valence-electron chi connectivity index (χ2n) is 6.16. The molecule has 1 aromatic rings. The van der Waals surface area contributed by atoms with Crippen LogP contribution in [0.15, 0.2) is 18.2 Å². The van der Waals surface area contributed by atoms with Gasteiger partial charge in [-0.15, -0.1) is 0 Å². The first-order valence-corrected chi connectivity index (χ1v) is 10.6. The van der Waals surface area contributed by atoms with Crippen LogP contribution in [0.5, 0.6) is 0 Å². The number of hydrogen-bond donors (Lipinski definition) is 0. The van der Waals surface area contributed by atoms with Gasteiger partial charge in [0, 0.05) is 16.0 Å². The highest BCUT2D eigenvalue weighted by atomic mass is 35.5. The average molecular weight is 477 g/mol. The molecule has 0 bridgehead atoms. The molecule has 0 aliphatic carbocycles. The molecule has 0 aliphatic rings. The topological polar surface area (TPSA) is 105 Å². The lowest BCUT2D eigenvalue weighted by atomic mass is 9.76. The highest BCUT2D eigenvalue weighted by Gasteiger charge is 2.50. The zero-order valence-electron chi connectivity index (χ0n) is 17.8. The Labute approximate surface area is 191 Å². The van der Waals surface area contributed by atoms with Gasteiger partial charge in [-0.1, -0.05) is 23.2 Å². The molecule has 0 aliphatic heterocycles. The minimum atomic E-state index is -1.70. The maximum atomic E-state index is 12.8. The van der Waals surface area contributed by atoms with Gasteiger partial charge in [0.2, 0.25) is 0 Å². The number of benzene rings is 1. The van der Waals surface area contributed by atoms with Crippen LogP contribution in [0.25, 0.3) is 0 Å². The number of hydrogen-bond acceptors (Lipinski definition) is 8. The molecule has 0 saturated heterocycles. The van der Waals surface area contributed by atoms with Crippen molar-refractivity contribution in [2.24, 2.45) is 11.8 Å². The Kier molecular flexibility index (Phi) is 11.3. The third kappa shape index (κ3) is 7.11. The summed E-state index contributed by atoms with van der Waals surface area (Å²) in [5.74, 6) is -8.78. The van der Waals surface area contributed by atoms with E-state index in [4.69, 9.17) is 42.1 Å². The standard InChI is InChI=1S/C21H26Cl2O8/c1-5-28-18(24)16(19(25)29-6-2)15(13-11-12(22)9-10-14(13)23)17(20(26)30-7-3)21(27)31-8-4/h9-11,15-17H,5-8H2,1-4H3. The summed E-state index contributed by atoms with van der Waals surface area (Å²) in [7, 11) is 0. The third-order valence-electron chi connectivity index (χ3n) is 4.20. The van der Waals surface area contributed by atoms with E-state index in [-0.39, 0.29) is 42.0 Å². The molecule has 0 heterocycles. The summed E-state index contributed by atoms with van der Waals surface area (Å²) in [5.41, 5.74) is 0.103. The molecule has 0 N–H and O–H groups in total. The fourth-order valence-electron chi connectivity index (χ4n) is 3.03. The maximum absolute atomic E-state index is 12.8. The zero-order chi connectivity index (χ0) is 23.6. The molecule has 10 heteroatoms. The van der Waals surface area contributed by atoms with Crippen LogP contribution in [0.2, 0.25) is 10.0 Å². The molecule has 1 rings (SSSR count). The van der Waals surface area contributed by atoms with Crippen LogP contribution in [0, 0.1) is 11.8 Å². The van der Waals surface area contributed by atoms with Crippen LogP contribution in [0.4, 0.5) is 0 Å². The largest absolute Gasteiger partial charge is 0.465 e. The number of carbonyl (C=O) groups excluding carboxylic acids is 4. The van der Waals surface area contributed by atoms with Crippen molar-refractivity contribution in [1.29, 1.82) is 0 Å². The highest BCUT2D eigenvalue weighted by Crippen LogP contribution is 2.40. The van der Waals surface area contributed by atoms with Crippen molar-refractivity contribution in [3.8, 4) is 0 Å². The SMILES string of the molecule is CCOC(=O)C(C(=O)OCC)C(c1cc(Cl)ccc1Cl)C(C(=O)OCC)C(=O)OCC. The number of carbonyl (C=O) groups is 4. The minimum absolute atomic E-state index is 0.0474. The lowest BCUT2D eigenvalue weighted by molar-refractivity contribution is -0.169. The fraction of sp³-hybridized carbons (Fsp3) is 0.524. The Morgan fingerprint density at radius 3 is 1.39 bits per heavy atom. The minimum Gasteiger partial charge on any atom is -0.465 e. The molecule has 0 amide bonds. The van der Waals surface area contributed by atoms with E-state index in [9.17, 15) is 19.2 Å². The second-order valence-corrected chi connectivity index (χ2v) is 7.00. The zero-order valence-corrected chi connectivity index (χ0v) is 19.3. The molecule has 31 heavy (non-hydrogen) atoms. The molecule has 0 spiro atoms. The van der Waals surface area contributed by atoms with Crippen LogP contribution >= 0.6 is 23.2 Å². The summed E-state index contributed by atoms with van der Waals surface area (Å²) in [6, 6.07) is 4.27. The van der Waals surface area contributed by atoms with Gasteiger partial charge >= 0.3 is 23.9 Å². The second kappa shape index (κ2) is 13.2. The molecular formula is C21H26Cl2O8. The molecule has 172 valence electrons. The van der Waals surface area contributed by atoms with Crippen molar-refractivity contribution < 1.29 is 38.1 Å². The van der Waals surface area contributed by atoms with E-state index in [0.29, 0.717) is 0 Å². The fourth-order valence-corrected chi connectivity index (χ4v) is 3.45. The predicted molar refractivity (Wildman–Crippen MR) is 113 cm³/mol. The predicted octanol–water partition coefficient (Wildman–Crippen LogP) is 3.56. The van der Waals surface area contributed by atoms with Crippen molar-refractivity contribution in [2.45, 2.75) is 33.6 Å². The quantitative estimate of drug-likeness (QED) is 0.271. The highest BCUT2D eigenvalue weighted by molar-refractivity contribution is 6.33. The summed E-state index contributed by atoms with van der Waals surface area (Å²) in [5, 5.41) is 0.286. The summed E-state index contributed by atoms with van der Waals surface area (Å²) >= 11 is 12.4. The number of ether oxygens (including phenoxy) is 4.